The highest BCUT2D eigenvalue weighted by Crippen LogP contribution is 2.25. The predicted octanol–water partition coefficient (Wildman–Crippen LogP) is 3.40. The third-order valence-corrected chi connectivity index (χ3v) is 3.94. The summed E-state index contributed by atoms with van der Waals surface area (Å²) in [6.07, 6.45) is 1.05. The molecule has 3 aromatic rings. The lowest BCUT2D eigenvalue weighted by Gasteiger charge is -2.18. The van der Waals surface area contributed by atoms with Gasteiger partial charge in [-0.2, -0.15) is 0 Å². The highest BCUT2D eigenvalue weighted by Gasteiger charge is 2.22. The molecule has 0 saturated carbocycles. The van der Waals surface area contributed by atoms with Gasteiger partial charge in [-0.25, -0.2) is 9.78 Å². The van der Waals surface area contributed by atoms with Crippen molar-refractivity contribution in [1.29, 1.82) is 0 Å². The molecule has 2 heterocycles. The van der Waals surface area contributed by atoms with Crippen molar-refractivity contribution in [2.24, 2.45) is 0 Å². The lowest BCUT2D eigenvalue weighted by Crippen LogP contribution is -2.28. The van der Waals surface area contributed by atoms with E-state index < -0.39 is 11.9 Å². The number of carbonyl (C=O) groups excluding carboxylic acids is 1. The van der Waals surface area contributed by atoms with Crippen LogP contribution in [0.1, 0.15) is 59.6 Å². The molecule has 2 aromatic heterocycles. The first kappa shape index (κ1) is 16.8. The quantitative estimate of drug-likeness (QED) is 0.741. The zero-order valence-electron chi connectivity index (χ0n) is 14.2. The second-order valence-corrected chi connectivity index (χ2v) is 6.12. The Morgan fingerprint density at radius 2 is 1.96 bits per heavy atom. The minimum absolute atomic E-state index is 0.0449. The molecule has 1 amide bonds. The van der Waals surface area contributed by atoms with Crippen LogP contribution in [-0.4, -0.2) is 26.5 Å². The van der Waals surface area contributed by atoms with Crippen LogP contribution in [0.2, 0.25) is 0 Å². The Hall–Kier alpha value is -3.09. The van der Waals surface area contributed by atoms with Gasteiger partial charge in [0.1, 0.15) is 12.1 Å². The third kappa shape index (κ3) is 3.13. The fourth-order valence-electron chi connectivity index (χ4n) is 2.81. The molecule has 0 spiro atoms. The van der Waals surface area contributed by atoms with Crippen molar-refractivity contribution in [3.8, 4) is 0 Å². The van der Waals surface area contributed by atoms with Gasteiger partial charge in [0.15, 0.2) is 5.76 Å². The number of nitrogens with one attached hydrogen (secondary N) is 1. The van der Waals surface area contributed by atoms with E-state index in [-0.39, 0.29) is 23.4 Å². The van der Waals surface area contributed by atoms with Gasteiger partial charge < -0.3 is 19.4 Å². The first-order valence-electron chi connectivity index (χ1n) is 7.98. The van der Waals surface area contributed by atoms with E-state index in [2.05, 4.69) is 28.7 Å². The molecular weight excluding hydrogens is 322 g/mol. The molecule has 130 valence electrons. The van der Waals surface area contributed by atoms with Crippen LogP contribution in [0.15, 0.2) is 41.0 Å². The molecule has 3 rings (SSSR count). The zero-order chi connectivity index (χ0) is 18.1. The summed E-state index contributed by atoms with van der Waals surface area (Å²) in [6, 6.07) is 8.79. The van der Waals surface area contributed by atoms with Crippen LogP contribution >= 0.6 is 0 Å². The zero-order valence-corrected chi connectivity index (χ0v) is 14.2. The van der Waals surface area contributed by atoms with Crippen LogP contribution in [0.4, 0.5) is 0 Å². The standard InChI is InChI=1S/C18H19N3O4/c1-10(2)21-14-7-5-4-6-13(14)20-16(21)11(3)19-17(22)15-8-12(9-25-15)18(23)24/h4-11H,1-3H3,(H,19,22)(H,23,24). The van der Waals surface area contributed by atoms with Crippen molar-refractivity contribution >= 4 is 22.9 Å². The molecule has 0 aliphatic rings. The minimum Gasteiger partial charge on any atom is -0.478 e. The smallest absolute Gasteiger partial charge is 0.338 e. The highest BCUT2D eigenvalue weighted by atomic mass is 16.4. The number of nitrogens with zero attached hydrogens (tertiary/aromatic N) is 2. The summed E-state index contributed by atoms with van der Waals surface area (Å²) in [5.41, 5.74) is 1.80. The third-order valence-electron chi connectivity index (χ3n) is 3.94. The van der Waals surface area contributed by atoms with E-state index in [0.29, 0.717) is 0 Å². The first-order chi connectivity index (χ1) is 11.9. The SMILES string of the molecule is CC(NC(=O)c1cc(C(=O)O)co1)c1nc2ccccc2n1C(C)C. The van der Waals surface area contributed by atoms with E-state index in [1.54, 1.807) is 0 Å². The Bertz CT molecular complexity index is 939. The predicted molar refractivity (Wildman–Crippen MR) is 91.7 cm³/mol. The fourth-order valence-corrected chi connectivity index (χ4v) is 2.81. The van der Waals surface area contributed by atoms with E-state index in [0.717, 1.165) is 23.1 Å². The van der Waals surface area contributed by atoms with Gasteiger partial charge in [0.2, 0.25) is 0 Å². The van der Waals surface area contributed by atoms with Crippen LogP contribution in [-0.2, 0) is 0 Å². The van der Waals surface area contributed by atoms with Crippen LogP contribution in [0.3, 0.4) is 0 Å². The Morgan fingerprint density at radius 3 is 2.60 bits per heavy atom. The number of carbonyl (C=O) groups is 2. The fraction of sp³-hybridized carbons (Fsp3) is 0.278. The Kier molecular flexibility index (Phi) is 4.31. The molecule has 1 aromatic carbocycles. The minimum atomic E-state index is -1.14. The maximum atomic E-state index is 12.3. The van der Waals surface area contributed by atoms with Crippen molar-refractivity contribution in [2.45, 2.75) is 32.9 Å². The number of carboxylic acid groups (broad SMARTS) is 1. The van der Waals surface area contributed by atoms with Gasteiger partial charge in [0, 0.05) is 12.1 Å². The number of aromatic nitrogens is 2. The maximum absolute atomic E-state index is 12.3. The lowest BCUT2D eigenvalue weighted by molar-refractivity contribution is 0.0695. The van der Waals surface area contributed by atoms with Gasteiger partial charge in [0.25, 0.3) is 5.91 Å². The Labute approximate surface area is 144 Å². The largest absolute Gasteiger partial charge is 0.478 e. The summed E-state index contributed by atoms with van der Waals surface area (Å²) in [7, 11) is 0. The molecule has 7 nitrogen and oxygen atoms in total. The van der Waals surface area contributed by atoms with Crippen LogP contribution in [0, 0.1) is 0 Å². The number of amides is 1. The number of imidazole rings is 1. The Morgan fingerprint density at radius 1 is 1.24 bits per heavy atom. The molecule has 25 heavy (non-hydrogen) atoms. The number of aromatic carboxylic acids is 1. The van der Waals surface area contributed by atoms with Gasteiger partial charge in [-0.1, -0.05) is 12.1 Å². The van der Waals surface area contributed by atoms with Gasteiger partial charge in [-0.15, -0.1) is 0 Å². The molecule has 0 aliphatic heterocycles. The maximum Gasteiger partial charge on any atom is 0.338 e. The lowest BCUT2D eigenvalue weighted by atomic mass is 10.2. The molecule has 0 saturated heterocycles. The number of furan rings is 1. The van der Waals surface area contributed by atoms with E-state index in [4.69, 9.17) is 9.52 Å². The summed E-state index contributed by atoms with van der Waals surface area (Å²) in [6.45, 7) is 5.94. The van der Waals surface area contributed by atoms with E-state index in [1.807, 2.05) is 31.2 Å². The average molecular weight is 341 g/mol. The van der Waals surface area contributed by atoms with Gasteiger partial charge >= 0.3 is 5.97 Å². The van der Waals surface area contributed by atoms with E-state index >= 15 is 0 Å². The van der Waals surface area contributed by atoms with Crippen molar-refractivity contribution < 1.29 is 19.1 Å². The van der Waals surface area contributed by atoms with Crippen molar-refractivity contribution in [3.05, 3.63) is 53.7 Å². The molecule has 0 aliphatic carbocycles. The van der Waals surface area contributed by atoms with Crippen LogP contribution in [0.25, 0.3) is 11.0 Å². The van der Waals surface area contributed by atoms with Crippen LogP contribution < -0.4 is 5.32 Å². The molecule has 7 heteroatoms. The molecule has 0 bridgehead atoms. The summed E-state index contributed by atoms with van der Waals surface area (Å²) in [4.78, 5) is 27.9. The second-order valence-electron chi connectivity index (χ2n) is 6.12. The summed E-state index contributed by atoms with van der Waals surface area (Å²) < 4.78 is 7.12. The Balaban J connectivity index is 1.89. The number of para-hydroxylation sites is 2. The van der Waals surface area contributed by atoms with Gasteiger partial charge in [-0.3, -0.25) is 4.79 Å². The topological polar surface area (TPSA) is 97.4 Å². The number of hydrogen-bond donors (Lipinski definition) is 2. The van der Waals surface area contributed by atoms with Gasteiger partial charge in [-0.05, 0) is 32.9 Å². The number of fused-ring (bicyclic) bond motifs is 1. The number of carboxylic acids is 1. The number of hydrogen-bond acceptors (Lipinski definition) is 4. The number of rotatable bonds is 5. The normalized spacial score (nSPS) is 12.5. The van der Waals surface area contributed by atoms with Crippen molar-refractivity contribution in [2.75, 3.05) is 0 Å². The number of benzene rings is 1. The monoisotopic (exact) mass is 341 g/mol. The summed E-state index contributed by atoms with van der Waals surface area (Å²) in [5.74, 6) is -0.939. The molecule has 0 fully saturated rings. The van der Waals surface area contributed by atoms with Crippen LogP contribution in [0.5, 0.6) is 0 Å². The van der Waals surface area contributed by atoms with E-state index in [9.17, 15) is 9.59 Å². The van der Waals surface area contributed by atoms with Crippen molar-refractivity contribution in [3.63, 3.8) is 0 Å². The molecule has 0 radical (unpaired) electrons. The first-order valence-corrected chi connectivity index (χ1v) is 7.98. The highest BCUT2D eigenvalue weighted by molar-refractivity contribution is 5.95. The van der Waals surface area contributed by atoms with E-state index in [1.165, 1.54) is 6.07 Å². The average Bonchev–Trinajstić information content (AvgIpc) is 3.19. The molecule has 1 atom stereocenters. The summed E-state index contributed by atoms with van der Waals surface area (Å²) in [5, 5.41) is 11.7. The molecule has 2 N–H and O–H groups in total. The van der Waals surface area contributed by atoms with Crippen molar-refractivity contribution in [1.82, 2.24) is 14.9 Å². The molecule has 1 unspecified atom stereocenters. The summed E-state index contributed by atoms with van der Waals surface area (Å²) >= 11 is 0. The second kappa shape index (κ2) is 6.43. The molecular formula is C18H19N3O4. The van der Waals surface area contributed by atoms with Gasteiger partial charge in [0.05, 0.1) is 22.6 Å².